The Morgan fingerprint density at radius 2 is 0.929 bits per heavy atom. The molecule has 0 aliphatic carbocycles. The molecule has 0 aromatic carbocycles. The molecule has 2 atom stereocenters. The van der Waals surface area contributed by atoms with Gasteiger partial charge in [0.1, 0.15) is 0 Å². The second-order valence-corrected chi connectivity index (χ2v) is 7.29. The molecule has 0 aromatic rings. The third kappa shape index (κ3) is 8.10. The maximum Gasteiger partial charge on any atom is 0.431 e. The first-order valence-corrected chi connectivity index (χ1v) is 8.73. The number of alkyl halides is 6. The van der Waals surface area contributed by atoms with E-state index in [0.29, 0.717) is 13.8 Å². The molecule has 0 radical (unpaired) electrons. The van der Waals surface area contributed by atoms with Crippen molar-refractivity contribution in [2.24, 2.45) is 11.8 Å². The van der Waals surface area contributed by atoms with Crippen molar-refractivity contribution in [3.63, 3.8) is 0 Å². The maximum absolute atomic E-state index is 13.5. The molecule has 0 saturated carbocycles. The van der Waals surface area contributed by atoms with E-state index in [0.717, 1.165) is 0 Å². The Balaban J connectivity index is 6.17. The summed E-state index contributed by atoms with van der Waals surface area (Å²) in [4.78, 5) is 24.5. The van der Waals surface area contributed by atoms with Crippen molar-refractivity contribution in [3.8, 4) is 0 Å². The second-order valence-electron chi connectivity index (χ2n) is 7.29. The third-order valence-electron chi connectivity index (χ3n) is 3.47. The number of carbonyl (C=O) groups excluding carboxylic acids is 2. The van der Waals surface area contributed by atoms with E-state index >= 15 is 0 Å². The molecule has 0 spiro atoms. The smallest absolute Gasteiger partial charge is 0.395 e. The van der Waals surface area contributed by atoms with Gasteiger partial charge >= 0.3 is 24.2 Å². The molecule has 28 heavy (non-hydrogen) atoms. The van der Waals surface area contributed by atoms with Crippen molar-refractivity contribution in [3.05, 3.63) is 11.1 Å². The number of carbonyl (C=O) groups is 2. The van der Waals surface area contributed by atoms with Gasteiger partial charge in [0.05, 0.1) is 0 Å². The van der Waals surface area contributed by atoms with Crippen molar-refractivity contribution in [1.29, 1.82) is 0 Å². The Kier molecular flexibility index (Phi) is 9.52. The van der Waals surface area contributed by atoms with E-state index in [2.05, 4.69) is 9.47 Å². The largest absolute Gasteiger partial charge is 0.431 e. The zero-order valence-corrected chi connectivity index (χ0v) is 16.6. The van der Waals surface area contributed by atoms with Crippen LogP contribution in [0.15, 0.2) is 11.1 Å². The SMILES string of the molecule is CC(C)C/C(C(=O)OC(F)(F)C(C)F)=C(\CC(C)C)C(=O)OC(F)(F)C(C)F. The number of esters is 2. The highest BCUT2D eigenvalue weighted by Gasteiger charge is 2.45. The lowest BCUT2D eigenvalue weighted by molar-refractivity contribution is -0.257. The molecule has 4 nitrogen and oxygen atoms in total. The quantitative estimate of drug-likeness (QED) is 0.271. The van der Waals surface area contributed by atoms with Gasteiger partial charge in [-0.2, -0.15) is 17.6 Å². The molecule has 2 unspecified atom stereocenters. The van der Waals surface area contributed by atoms with E-state index in [9.17, 15) is 35.9 Å². The molecule has 0 heterocycles. The van der Waals surface area contributed by atoms with E-state index in [1.165, 1.54) is 0 Å². The molecule has 0 N–H and O–H groups in total. The van der Waals surface area contributed by atoms with Gasteiger partial charge < -0.3 is 9.47 Å². The summed E-state index contributed by atoms with van der Waals surface area (Å²) in [6.45, 7) is 7.20. The summed E-state index contributed by atoms with van der Waals surface area (Å²) >= 11 is 0. The Bertz CT molecular complexity index is 533. The van der Waals surface area contributed by atoms with Gasteiger partial charge in [-0.05, 0) is 38.5 Å². The first kappa shape index (κ1) is 26.3. The van der Waals surface area contributed by atoms with Gasteiger partial charge in [-0.1, -0.05) is 27.7 Å². The molecule has 0 aliphatic heterocycles. The highest BCUT2D eigenvalue weighted by Crippen LogP contribution is 2.31. The third-order valence-corrected chi connectivity index (χ3v) is 3.47. The normalized spacial score (nSPS) is 15.9. The van der Waals surface area contributed by atoms with Crippen LogP contribution in [-0.4, -0.2) is 36.5 Å². The molecule has 164 valence electrons. The van der Waals surface area contributed by atoms with Crippen LogP contribution < -0.4 is 0 Å². The van der Waals surface area contributed by atoms with Gasteiger partial charge in [0.25, 0.3) is 0 Å². The van der Waals surface area contributed by atoms with E-state index in [4.69, 9.17) is 0 Å². The van der Waals surface area contributed by atoms with Gasteiger partial charge in [-0.3, -0.25) is 0 Å². The van der Waals surface area contributed by atoms with Crippen LogP contribution >= 0.6 is 0 Å². The molecule has 0 saturated heterocycles. The predicted molar refractivity (Wildman–Crippen MR) is 89.2 cm³/mol. The monoisotopic (exact) mass is 420 g/mol. The summed E-state index contributed by atoms with van der Waals surface area (Å²) in [5.41, 5.74) is -1.28. The first-order chi connectivity index (χ1) is 12.5. The molecule has 10 heteroatoms. The summed E-state index contributed by atoms with van der Waals surface area (Å²) in [5.74, 6) is -4.22. The highest BCUT2D eigenvalue weighted by molar-refractivity contribution is 6.00. The highest BCUT2D eigenvalue weighted by atomic mass is 19.3. The summed E-state index contributed by atoms with van der Waals surface area (Å²) < 4.78 is 87.6. The first-order valence-electron chi connectivity index (χ1n) is 8.73. The summed E-state index contributed by atoms with van der Waals surface area (Å²) in [6.07, 6.45) is -15.2. The van der Waals surface area contributed by atoms with Gasteiger partial charge in [-0.25, -0.2) is 18.4 Å². The minimum Gasteiger partial charge on any atom is -0.395 e. The van der Waals surface area contributed by atoms with E-state index in [-0.39, 0.29) is 24.7 Å². The van der Waals surface area contributed by atoms with Crippen molar-refractivity contribution in [2.45, 2.75) is 78.9 Å². The van der Waals surface area contributed by atoms with Crippen LogP contribution in [0.25, 0.3) is 0 Å². The van der Waals surface area contributed by atoms with Crippen molar-refractivity contribution in [2.75, 3.05) is 0 Å². The zero-order valence-electron chi connectivity index (χ0n) is 16.6. The summed E-state index contributed by atoms with van der Waals surface area (Å²) in [5, 5.41) is 0. The fraction of sp³-hybridized carbons (Fsp3) is 0.778. The Labute approximate surface area is 160 Å². The minimum absolute atomic E-state index is 0.302. The predicted octanol–water partition coefficient (Wildman–Crippen LogP) is 5.36. The number of rotatable bonds is 10. The van der Waals surface area contributed by atoms with E-state index in [1.54, 1.807) is 27.7 Å². The molecule has 0 bridgehead atoms. The van der Waals surface area contributed by atoms with Crippen LogP contribution in [0, 0.1) is 11.8 Å². The van der Waals surface area contributed by atoms with Gasteiger partial charge in [0.15, 0.2) is 0 Å². The van der Waals surface area contributed by atoms with E-state index in [1.807, 2.05) is 0 Å². The Morgan fingerprint density at radius 1 is 0.679 bits per heavy atom. The molecule has 0 fully saturated rings. The average Bonchev–Trinajstić information content (AvgIpc) is 2.48. The van der Waals surface area contributed by atoms with Crippen LogP contribution in [0.4, 0.5) is 26.3 Å². The molecule has 0 aromatic heterocycles. The topological polar surface area (TPSA) is 52.6 Å². The molecule has 0 amide bonds. The average molecular weight is 420 g/mol. The number of ether oxygens (including phenoxy) is 2. The van der Waals surface area contributed by atoms with Crippen LogP contribution in [0.2, 0.25) is 0 Å². The molecular weight excluding hydrogens is 394 g/mol. The standard InChI is InChI=1S/C18H26F6O4/c1-9(2)7-13(15(25)27-17(21,22)11(5)19)14(8-10(3)4)16(26)28-18(23,24)12(6)20/h9-12H,7-8H2,1-6H3/b14-13-. The summed E-state index contributed by atoms with van der Waals surface area (Å²) in [7, 11) is 0. The Morgan fingerprint density at radius 3 is 1.11 bits per heavy atom. The number of hydrogen-bond donors (Lipinski definition) is 0. The molecule has 0 rings (SSSR count). The molecular formula is C18H26F6O4. The lowest BCUT2D eigenvalue weighted by Gasteiger charge is -2.23. The number of halogens is 6. The number of hydrogen-bond acceptors (Lipinski definition) is 4. The zero-order chi connectivity index (χ0) is 22.4. The second kappa shape index (κ2) is 10.2. The van der Waals surface area contributed by atoms with Crippen molar-refractivity contribution in [1.82, 2.24) is 0 Å². The van der Waals surface area contributed by atoms with Crippen LogP contribution in [-0.2, 0) is 19.1 Å². The lowest BCUT2D eigenvalue weighted by atomic mass is 9.92. The van der Waals surface area contributed by atoms with Gasteiger partial charge in [0, 0.05) is 11.1 Å². The minimum atomic E-state index is -4.48. The molecule has 0 aliphatic rings. The fourth-order valence-electron chi connectivity index (χ4n) is 2.01. The van der Waals surface area contributed by atoms with E-state index < -0.39 is 47.6 Å². The van der Waals surface area contributed by atoms with Gasteiger partial charge in [-0.15, -0.1) is 0 Å². The maximum atomic E-state index is 13.5. The van der Waals surface area contributed by atoms with Crippen LogP contribution in [0.1, 0.15) is 54.4 Å². The lowest BCUT2D eigenvalue weighted by Crippen LogP contribution is -2.36. The Hall–Kier alpha value is -1.74. The fourth-order valence-corrected chi connectivity index (χ4v) is 2.01. The van der Waals surface area contributed by atoms with Gasteiger partial charge in [0.2, 0.25) is 12.3 Å². The summed E-state index contributed by atoms with van der Waals surface area (Å²) in [6, 6.07) is 0. The van der Waals surface area contributed by atoms with Crippen molar-refractivity contribution >= 4 is 11.9 Å². The van der Waals surface area contributed by atoms with Crippen molar-refractivity contribution < 1.29 is 45.4 Å². The van der Waals surface area contributed by atoms with Crippen LogP contribution in [0.5, 0.6) is 0 Å². The van der Waals surface area contributed by atoms with Crippen LogP contribution in [0.3, 0.4) is 0 Å².